The van der Waals surface area contributed by atoms with Crippen LogP contribution in [0.5, 0.6) is 0 Å². The third-order valence-corrected chi connectivity index (χ3v) is 4.10. The lowest BCUT2D eigenvalue weighted by Gasteiger charge is -2.19. The highest BCUT2D eigenvalue weighted by Gasteiger charge is 2.20. The third-order valence-electron chi connectivity index (χ3n) is 3.85. The average Bonchev–Trinajstić information content (AvgIpc) is 2.64. The second-order valence-electron chi connectivity index (χ2n) is 5.66. The largest absolute Gasteiger partial charge is 0.341 e. The number of carbonyl (C=O) groups is 1. The summed E-state index contributed by atoms with van der Waals surface area (Å²) in [5.41, 5.74) is 0.0241. The van der Waals surface area contributed by atoms with Gasteiger partial charge in [0.2, 0.25) is 0 Å². The number of nitrogens with one attached hydrogen (secondary N) is 2. The van der Waals surface area contributed by atoms with E-state index in [1.165, 1.54) is 13.2 Å². The zero-order chi connectivity index (χ0) is 18.7. The summed E-state index contributed by atoms with van der Waals surface area (Å²) in [6.07, 6.45) is 4.46. The summed E-state index contributed by atoms with van der Waals surface area (Å²) in [7, 11) is 1.45. The van der Waals surface area contributed by atoms with Crippen LogP contribution in [0.4, 0.5) is 0 Å². The highest BCUT2D eigenvalue weighted by Crippen LogP contribution is 2.23. The molecule has 8 heteroatoms. The van der Waals surface area contributed by atoms with Crippen molar-refractivity contribution in [3.63, 3.8) is 0 Å². The van der Waals surface area contributed by atoms with E-state index in [1.807, 2.05) is 6.07 Å². The lowest BCUT2D eigenvalue weighted by molar-refractivity contribution is 0.0940. The van der Waals surface area contributed by atoms with Crippen LogP contribution in [0.3, 0.4) is 0 Å². The Morgan fingerprint density at radius 2 is 1.92 bits per heavy atom. The summed E-state index contributed by atoms with van der Waals surface area (Å²) in [4.78, 5) is 42.3. The molecule has 0 saturated carbocycles. The van der Waals surface area contributed by atoms with Crippen LogP contribution >= 0.6 is 11.6 Å². The lowest BCUT2D eigenvalue weighted by atomic mass is 10.00. The molecule has 132 valence electrons. The highest BCUT2D eigenvalue weighted by atomic mass is 35.5. The first-order valence-corrected chi connectivity index (χ1v) is 8.09. The summed E-state index contributed by atoms with van der Waals surface area (Å²) >= 11 is 5.94. The number of aromatic amines is 1. The van der Waals surface area contributed by atoms with E-state index in [-0.39, 0.29) is 5.56 Å². The molecule has 0 bridgehead atoms. The maximum absolute atomic E-state index is 12.7. The number of aryl methyl sites for hydroxylation is 1. The number of H-pyrrole nitrogens is 1. The van der Waals surface area contributed by atoms with Gasteiger partial charge in [0, 0.05) is 30.7 Å². The molecule has 3 rings (SSSR count). The minimum Gasteiger partial charge on any atom is -0.341 e. The number of amides is 1. The van der Waals surface area contributed by atoms with Gasteiger partial charge in [-0.1, -0.05) is 29.8 Å². The maximum atomic E-state index is 12.7. The number of hydrogen-bond acceptors (Lipinski definition) is 4. The molecule has 0 saturated heterocycles. The normalized spacial score (nSPS) is 11.8. The number of rotatable bonds is 4. The first-order chi connectivity index (χ1) is 12.5. The van der Waals surface area contributed by atoms with E-state index < -0.39 is 23.2 Å². The topological polar surface area (TPSA) is 96.8 Å². The van der Waals surface area contributed by atoms with E-state index in [1.54, 1.807) is 42.7 Å². The molecule has 0 aliphatic rings. The standard InChI is InChI=1S/C18H15ClN4O3/c1-23-10-14(17(25)22-18(23)26)16(24)21-15(12-3-2-8-20-9-12)11-4-6-13(19)7-5-11/h2-10,15H,1H3,(H,21,24)(H,22,25,26). The fourth-order valence-electron chi connectivity index (χ4n) is 2.50. The molecule has 1 aromatic carbocycles. The van der Waals surface area contributed by atoms with Crippen LogP contribution in [0.25, 0.3) is 0 Å². The van der Waals surface area contributed by atoms with Crippen molar-refractivity contribution in [1.29, 1.82) is 0 Å². The Kier molecular flexibility index (Phi) is 4.99. The second kappa shape index (κ2) is 7.37. The molecular formula is C18H15ClN4O3. The predicted octanol–water partition coefficient (Wildman–Crippen LogP) is 1.64. The number of carbonyl (C=O) groups excluding carboxylic acids is 1. The van der Waals surface area contributed by atoms with E-state index in [2.05, 4.69) is 15.3 Å². The Labute approximate surface area is 153 Å². The van der Waals surface area contributed by atoms with Gasteiger partial charge in [0.15, 0.2) is 0 Å². The maximum Gasteiger partial charge on any atom is 0.328 e. The number of hydrogen-bond donors (Lipinski definition) is 2. The van der Waals surface area contributed by atoms with E-state index in [9.17, 15) is 14.4 Å². The summed E-state index contributed by atoms with van der Waals surface area (Å²) in [6, 6.07) is 10.0. The molecule has 1 unspecified atom stereocenters. The zero-order valence-electron chi connectivity index (χ0n) is 13.8. The monoisotopic (exact) mass is 370 g/mol. The van der Waals surface area contributed by atoms with Crippen LogP contribution in [-0.2, 0) is 7.05 Å². The first kappa shape index (κ1) is 17.6. The molecule has 0 radical (unpaired) electrons. The Hall–Kier alpha value is -3.19. The second-order valence-corrected chi connectivity index (χ2v) is 6.09. The van der Waals surface area contributed by atoms with Gasteiger partial charge < -0.3 is 9.88 Å². The lowest BCUT2D eigenvalue weighted by Crippen LogP contribution is -2.37. The Morgan fingerprint density at radius 1 is 1.19 bits per heavy atom. The van der Waals surface area contributed by atoms with E-state index in [0.717, 1.165) is 15.7 Å². The van der Waals surface area contributed by atoms with Crippen molar-refractivity contribution in [2.45, 2.75) is 6.04 Å². The van der Waals surface area contributed by atoms with Gasteiger partial charge in [-0.2, -0.15) is 0 Å². The molecule has 0 aliphatic heterocycles. The van der Waals surface area contributed by atoms with Crippen LogP contribution in [0.2, 0.25) is 5.02 Å². The van der Waals surface area contributed by atoms with E-state index in [4.69, 9.17) is 11.6 Å². The Bertz CT molecular complexity index is 1040. The SMILES string of the molecule is Cn1cc(C(=O)NC(c2ccc(Cl)cc2)c2cccnc2)c(=O)[nH]c1=O. The van der Waals surface area contributed by atoms with Crippen LogP contribution in [0.1, 0.15) is 27.5 Å². The summed E-state index contributed by atoms with van der Waals surface area (Å²) < 4.78 is 1.14. The van der Waals surface area contributed by atoms with Gasteiger partial charge in [0.1, 0.15) is 5.56 Å². The molecule has 1 amide bonds. The molecule has 7 nitrogen and oxygen atoms in total. The van der Waals surface area contributed by atoms with Gasteiger partial charge in [0.25, 0.3) is 11.5 Å². The number of benzene rings is 1. The molecule has 2 aromatic heterocycles. The third kappa shape index (κ3) is 3.73. The van der Waals surface area contributed by atoms with Gasteiger partial charge in [-0.25, -0.2) is 4.79 Å². The summed E-state index contributed by atoms with van der Waals surface area (Å²) in [5.74, 6) is -0.606. The molecule has 0 aliphatic carbocycles. The van der Waals surface area contributed by atoms with Crippen LogP contribution < -0.4 is 16.6 Å². The number of nitrogens with zero attached hydrogens (tertiary/aromatic N) is 2. The molecule has 3 aromatic rings. The predicted molar refractivity (Wildman–Crippen MR) is 97.3 cm³/mol. The number of pyridine rings is 1. The smallest absolute Gasteiger partial charge is 0.328 e. The van der Waals surface area contributed by atoms with Crippen molar-refractivity contribution in [2.24, 2.45) is 7.05 Å². The van der Waals surface area contributed by atoms with Crippen molar-refractivity contribution < 1.29 is 4.79 Å². The van der Waals surface area contributed by atoms with Crippen molar-refractivity contribution >= 4 is 17.5 Å². The Morgan fingerprint density at radius 3 is 2.58 bits per heavy atom. The van der Waals surface area contributed by atoms with Crippen molar-refractivity contribution in [1.82, 2.24) is 19.9 Å². The van der Waals surface area contributed by atoms with Crippen LogP contribution in [0, 0.1) is 0 Å². The number of halogens is 1. The van der Waals surface area contributed by atoms with Gasteiger partial charge in [-0.15, -0.1) is 0 Å². The Balaban J connectivity index is 2.00. The van der Waals surface area contributed by atoms with Gasteiger partial charge >= 0.3 is 5.69 Å². The average molecular weight is 371 g/mol. The zero-order valence-corrected chi connectivity index (χ0v) is 14.5. The highest BCUT2D eigenvalue weighted by molar-refractivity contribution is 6.30. The van der Waals surface area contributed by atoms with E-state index >= 15 is 0 Å². The fourth-order valence-corrected chi connectivity index (χ4v) is 2.62. The molecule has 0 fully saturated rings. The molecule has 0 spiro atoms. The first-order valence-electron chi connectivity index (χ1n) is 7.72. The van der Waals surface area contributed by atoms with Crippen molar-refractivity contribution in [3.8, 4) is 0 Å². The summed E-state index contributed by atoms with van der Waals surface area (Å²) in [6.45, 7) is 0. The minimum atomic E-state index is -0.744. The van der Waals surface area contributed by atoms with Crippen LogP contribution in [0.15, 0.2) is 64.6 Å². The van der Waals surface area contributed by atoms with Gasteiger partial charge in [-0.05, 0) is 29.3 Å². The minimum absolute atomic E-state index is 0.157. The van der Waals surface area contributed by atoms with Crippen molar-refractivity contribution in [3.05, 3.63) is 97.5 Å². The van der Waals surface area contributed by atoms with Gasteiger partial charge in [0.05, 0.1) is 6.04 Å². The molecule has 26 heavy (non-hydrogen) atoms. The van der Waals surface area contributed by atoms with Crippen LogP contribution in [-0.4, -0.2) is 20.4 Å². The van der Waals surface area contributed by atoms with Crippen molar-refractivity contribution in [2.75, 3.05) is 0 Å². The molecular weight excluding hydrogens is 356 g/mol. The molecule has 2 heterocycles. The number of aromatic nitrogens is 3. The quantitative estimate of drug-likeness (QED) is 0.729. The van der Waals surface area contributed by atoms with E-state index in [0.29, 0.717) is 5.02 Å². The summed E-state index contributed by atoms with van der Waals surface area (Å²) in [5, 5.41) is 3.38. The van der Waals surface area contributed by atoms with Gasteiger partial charge in [-0.3, -0.25) is 19.6 Å². The molecule has 1 atom stereocenters. The fraction of sp³-hybridized carbons (Fsp3) is 0.111. The molecule has 2 N–H and O–H groups in total.